The number of aldehydes is 1. The molecule has 6 nitrogen and oxygen atoms in total. The minimum Gasteiger partial charge on any atom is -0.496 e. The summed E-state index contributed by atoms with van der Waals surface area (Å²) in [7, 11) is 3.45. The number of rotatable bonds is 5. The lowest BCUT2D eigenvalue weighted by Gasteiger charge is -2.39. The van der Waals surface area contributed by atoms with Gasteiger partial charge in [-0.15, -0.1) is 0 Å². The molecule has 1 saturated heterocycles. The zero-order valence-electron chi connectivity index (χ0n) is 19.9. The van der Waals surface area contributed by atoms with Crippen molar-refractivity contribution in [2.75, 3.05) is 40.4 Å². The van der Waals surface area contributed by atoms with Gasteiger partial charge in [-0.2, -0.15) is 0 Å². The smallest absolute Gasteiger partial charge is 0.258 e. The molecule has 0 bridgehead atoms. The number of aliphatic hydroxyl groups excluding tert-OH is 1. The molecular formula is C25H31Cl3N2O4. The van der Waals surface area contributed by atoms with Crippen LogP contribution < -0.4 is 4.74 Å². The van der Waals surface area contributed by atoms with E-state index in [-0.39, 0.29) is 18.6 Å². The van der Waals surface area contributed by atoms with E-state index in [0.29, 0.717) is 56.9 Å². The van der Waals surface area contributed by atoms with Gasteiger partial charge in [-0.1, -0.05) is 55.2 Å². The summed E-state index contributed by atoms with van der Waals surface area (Å²) >= 11 is 18.9. The molecule has 9 heteroatoms. The summed E-state index contributed by atoms with van der Waals surface area (Å²) in [5.41, 5.74) is 1.59. The molecule has 0 radical (unpaired) electrons. The van der Waals surface area contributed by atoms with Crippen LogP contribution in [0.25, 0.3) is 11.1 Å². The van der Waals surface area contributed by atoms with Gasteiger partial charge in [0, 0.05) is 46.9 Å². The lowest BCUT2D eigenvalue weighted by molar-refractivity contribution is -0.104. The van der Waals surface area contributed by atoms with E-state index in [1.807, 2.05) is 20.9 Å². The van der Waals surface area contributed by atoms with E-state index >= 15 is 0 Å². The first-order valence-corrected chi connectivity index (χ1v) is 11.9. The molecule has 1 N–H and O–H groups in total. The Morgan fingerprint density at radius 1 is 1.15 bits per heavy atom. The molecule has 1 atom stereocenters. The number of hydrogen-bond donors (Lipinski definition) is 1. The number of carbonyl (C=O) groups excluding carboxylic acids is 2. The molecule has 0 saturated carbocycles. The topological polar surface area (TPSA) is 70.1 Å². The fourth-order valence-electron chi connectivity index (χ4n) is 3.39. The van der Waals surface area contributed by atoms with Gasteiger partial charge in [0.1, 0.15) is 12.0 Å². The van der Waals surface area contributed by atoms with Crippen molar-refractivity contribution in [2.45, 2.75) is 19.9 Å². The molecule has 1 aliphatic rings. The first-order valence-electron chi connectivity index (χ1n) is 10.8. The Hall–Kier alpha value is -2.09. The van der Waals surface area contributed by atoms with E-state index in [4.69, 9.17) is 44.3 Å². The van der Waals surface area contributed by atoms with Gasteiger partial charge >= 0.3 is 0 Å². The third-order valence-corrected chi connectivity index (χ3v) is 5.87. The van der Waals surface area contributed by atoms with Crippen molar-refractivity contribution < 1.29 is 19.4 Å². The number of ether oxygens (including phenoxy) is 1. The van der Waals surface area contributed by atoms with Gasteiger partial charge in [-0.3, -0.25) is 9.59 Å². The number of aliphatic hydroxyl groups is 1. The average Bonchev–Trinajstić information content (AvgIpc) is 2.86. The van der Waals surface area contributed by atoms with Crippen molar-refractivity contribution in [3.8, 4) is 16.9 Å². The highest BCUT2D eigenvalue weighted by Gasteiger charge is 2.31. The first kappa shape index (κ1) is 29.9. The maximum atomic E-state index is 13.3. The van der Waals surface area contributed by atoms with E-state index in [9.17, 15) is 9.90 Å². The Bertz CT molecular complexity index is 979. The number of nitrogens with zero attached hydrogens (tertiary/aromatic N) is 2. The van der Waals surface area contributed by atoms with Crippen molar-refractivity contribution in [1.82, 2.24) is 9.80 Å². The van der Waals surface area contributed by atoms with E-state index in [0.717, 1.165) is 6.54 Å². The second-order valence-corrected chi connectivity index (χ2v) is 8.38. The first-order chi connectivity index (χ1) is 16.3. The fraction of sp³-hybridized carbons (Fsp3) is 0.360. The highest BCUT2D eigenvalue weighted by molar-refractivity contribution is 6.38. The lowest BCUT2D eigenvalue weighted by atomic mass is 10.0. The van der Waals surface area contributed by atoms with Crippen LogP contribution in [0.5, 0.6) is 5.75 Å². The number of carbonyl (C=O) groups is 2. The number of halogens is 3. The highest BCUT2D eigenvalue weighted by Crippen LogP contribution is 2.39. The maximum Gasteiger partial charge on any atom is 0.258 e. The Balaban J connectivity index is 0.000000872. The van der Waals surface area contributed by atoms with Gasteiger partial charge in [-0.25, -0.2) is 0 Å². The molecule has 0 spiro atoms. The quantitative estimate of drug-likeness (QED) is 0.411. The summed E-state index contributed by atoms with van der Waals surface area (Å²) in [4.78, 5) is 26.1. The molecule has 2 aromatic carbocycles. The summed E-state index contributed by atoms with van der Waals surface area (Å²) in [5.74, 6) is 0.146. The van der Waals surface area contributed by atoms with E-state index in [2.05, 4.69) is 11.5 Å². The molecule has 2 aromatic rings. The van der Waals surface area contributed by atoms with Gasteiger partial charge in [0.15, 0.2) is 0 Å². The number of amides is 1. The van der Waals surface area contributed by atoms with Crippen LogP contribution in [0.1, 0.15) is 24.2 Å². The number of hydrogen-bond acceptors (Lipinski definition) is 5. The minimum absolute atomic E-state index is 0.112. The molecule has 1 aliphatic heterocycles. The number of piperazine rings is 1. The second-order valence-electron chi connectivity index (χ2n) is 7.13. The molecule has 1 heterocycles. The molecule has 0 aromatic heterocycles. The minimum atomic E-state index is -0.287. The average molecular weight is 530 g/mol. The normalized spacial score (nSPS) is 15.3. The monoisotopic (exact) mass is 528 g/mol. The van der Waals surface area contributed by atoms with Crippen molar-refractivity contribution in [1.29, 1.82) is 0 Å². The van der Waals surface area contributed by atoms with Crippen molar-refractivity contribution in [3.05, 3.63) is 63.6 Å². The summed E-state index contributed by atoms with van der Waals surface area (Å²) in [5, 5.41) is 11.1. The number of likely N-dealkylation sites (N-methyl/N-ethyl adjacent to an activating group) is 1. The summed E-state index contributed by atoms with van der Waals surface area (Å²) in [6.07, 6.45) is 1.83. The van der Waals surface area contributed by atoms with E-state index < -0.39 is 0 Å². The summed E-state index contributed by atoms with van der Waals surface area (Å²) in [6, 6.07) is 8.07. The SMILES string of the molecule is C=CC=O.CC.COc1cc(Cl)c(-c2cc(Cl)ccc2Cl)cc1C(=O)N1CCN(C)CC1CO. The Kier molecular flexibility index (Phi) is 13.2. The van der Waals surface area contributed by atoms with Crippen LogP contribution in [0.4, 0.5) is 0 Å². The van der Waals surface area contributed by atoms with Gasteiger partial charge in [0.05, 0.1) is 30.3 Å². The molecule has 0 aliphatic carbocycles. The van der Waals surface area contributed by atoms with Gasteiger partial charge < -0.3 is 19.6 Å². The third kappa shape index (κ3) is 7.72. The third-order valence-electron chi connectivity index (χ3n) is 4.99. The largest absolute Gasteiger partial charge is 0.496 e. The van der Waals surface area contributed by atoms with E-state index in [1.165, 1.54) is 13.2 Å². The molecule has 1 fully saturated rings. The molecular weight excluding hydrogens is 499 g/mol. The molecule has 1 unspecified atom stereocenters. The Labute approximate surface area is 216 Å². The zero-order valence-corrected chi connectivity index (χ0v) is 22.1. The van der Waals surface area contributed by atoms with Crippen molar-refractivity contribution >= 4 is 47.0 Å². The van der Waals surface area contributed by atoms with Gasteiger partial charge in [0.2, 0.25) is 0 Å². The molecule has 34 heavy (non-hydrogen) atoms. The van der Waals surface area contributed by atoms with Crippen LogP contribution in [0, 0.1) is 0 Å². The molecule has 1 amide bonds. The predicted octanol–water partition coefficient (Wildman–Crippen LogP) is 5.47. The second kappa shape index (κ2) is 15.0. The van der Waals surface area contributed by atoms with Gasteiger partial charge in [-0.05, 0) is 37.4 Å². The molecule has 186 valence electrons. The predicted molar refractivity (Wildman–Crippen MR) is 140 cm³/mol. The van der Waals surface area contributed by atoms with Crippen LogP contribution in [0.2, 0.25) is 15.1 Å². The van der Waals surface area contributed by atoms with Crippen LogP contribution in [-0.4, -0.2) is 73.5 Å². The summed E-state index contributed by atoms with van der Waals surface area (Å²) in [6.45, 7) is 8.84. The lowest BCUT2D eigenvalue weighted by Crippen LogP contribution is -2.55. The van der Waals surface area contributed by atoms with Crippen LogP contribution >= 0.6 is 34.8 Å². The highest BCUT2D eigenvalue weighted by atomic mass is 35.5. The van der Waals surface area contributed by atoms with Crippen LogP contribution in [0.3, 0.4) is 0 Å². The number of allylic oxidation sites excluding steroid dienone is 1. The zero-order chi connectivity index (χ0) is 25.8. The standard InChI is InChI=1S/C20H21Cl3N2O3.C3H4O.C2H6/c1-24-5-6-25(13(10-24)11-26)20(27)16-8-15(18(23)9-19(16)28-2)14-7-12(21)3-4-17(14)22;1-2-3-4;1-2/h3-4,7-9,13,26H,5-6,10-11H2,1-2H3;2-3H,1H2;1-2H3. The van der Waals surface area contributed by atoms with Crippen LogP contribution in [0.15, 0.2) is 43.0 Å². The fourth-order valence-corrected chi connectivity index (χ4v) is 4.04. The van der Waals surface area contributed by atoms with Gasteiger partial charge in [0.25, 0.3) is 5.91 Å². The number of benzene rings is 2. The number of methoxy groups -OCH3 is 1. The van der Waals surface area contributed by atoms with E-state index in [1.54, 1.807) is 35.2 Å². The van der Waals surface area contributed by atoms with Crippen LogP contribution in [-0.2, 0) is 4.79 Å². The maximum absolute atomic E-state index is 13.3. The Morgan fingerprint density at radius 3 is 2.32 bits per heavy atom. The van der Waals surface area contributed by atoms with Crippen molar-refractivity contribution in [3.63, 3.8) is 0 Å². The molecule has 3 rings (SSSR count). The summed E-state index contributed by atoms with van der Waals surface area (Å²) < 4.78 is 5.41. The Morgan fingerprint density at radius 2 is 1.76 bits per heavy atom. The van der Waals surface area contributed by atoms with Crippen molar-refractivity contribution in [2.24, 2.45) is 0 Å².